The van der Waals surface area contributed by atoms with E-state index in [0.29, 0.717) is 0 Å². The average Bonchev–Trinajstić information content (AvgIpc) is 2.00. The van der Waals surface area contributed by atoms with E-state index in [9.17, 15) is 18.0 Å². The number of hydrogen-bond donors (Lipinski definition) is 2. The molecule has 0 aromatic heterocycles. The molecule has 7 heteroatoms. The second kappa shape index (κ2) is 5.16. The lowest BCUT2D eigenvalue weighted by Crippen LogP contribution is -2.46. The SMILES string of the molecule is CC(CCO)C(=O)N(N)CC(F)(F)F. The predicted octanol–water partition coefficient (Wildman–Crippen LogP) is 0.270. The molecule has 0 saturated carbocycles. The molecule has 1 unspecified atom stereocenters. The first kappa shape index (κ1) is 13.2. The van der Waals surface area contributed by atoms with Gasteiger partial charge in [0.1, 0.15) is 6.54 Å². The van der Waals surface area contributed by atoms with Crippen LogP contribution in [0.5, 0.6) is 0 Å². The fraction of sp³-hybridized carbons (Fsp3) is 0.857. The number of rotatable bonds is 4. The van der Waals surface area contributed by atoms with E-state index in [2.05, 4.69) is 0 Å². The highest BCUT2D eigenvalue weighted by Crippen LogP contribution is 2.16. The van der Waals surface area contributed by atoms with E-state index >= 15 is 0 Å². The highest BCUT2D eigenvalue weighted by molar-refractivity contribution is 5.77. The van der Waals surface area contributed by atoms with Crippen LogP contribution in [0.25, 0.3) is 0 Å². The average molecular weight is 214 g/mol. The quantitative estimate of drug-likeness (QED) is 0.401. The van der Waals surface area contributed by atoms with Crippen LogP contribution in [-0.4, -0.2) is 35.4 Å². The van der Waals surface area contributed by atoms with Gasteiger partial charge in [0.15, 0.2) is 0 Å². The molecule has 1 atom stereocenters. The number of alkyl halides is 3. The molecular formula is C7H13F3N2O2. The summed E-state index contributed by atoms with van der Waals surface area (Å²) in [6, 6.07) is 0. The van der Waals surface area contributed by atoms with Gasteiger partial charge in [0, 0.05) is 12.5 Å². The number of aliphatic hydroxyl groups is 1. The molecule has 0 heterocycles. The molecule has 0 radical (unpaired) electrons. The van der Waals surface area contributed by atoms with Crippen molar-refractivity contribution in [2.24, 2.45) is 11.8 Å². The van der Waals surface area contributed by atoms with Gasteiger partial charge in [-0.2, -0.15) is 13.2 Å². The minimum absolute atomic E-state index is 0.102. The molecule has 0 aliphatic carbocycles. The molecular weight excluding hydrogens is 201 g/mol. The molecule has 0 bridgehead atoms. The lowest BCUT2D eigenvalue weighted by atomic mass is 10.1. The van der Waals surface area contributed by atoms with Crippen LogP contribution in [0, 0.1) is 5.92 Å². The maximum Gasteiger partial charge on any atom is 0.407 e. The molecule has 0 aromatic rings. The largest absolute Gasteiger partial charge is 0.407 e. The van der Waals surface area contributed by atoms with Crippen LogP contribution in [0.3, 0.4) is 0 Å². The number of carbonyl (C=O) groups excluding carboxylic acids is 1. The molecule has 0 spiro atoms. The molecule has 4 nitrogen and oxygen atoms in total. The molecule has 14 heavy (non-hydrogen) atoms. The normalized spacial score (nSPS) is 13.9. The van der Waals surface area contributed by atoms with Gasteiger partial charge in [-0.1, -0.05) is 6.92 Å². The molecule has 84 valence electrons. The molecule has 0 aromatic carbocycles. The van der Waals surface area contributed by atoms with Gasteiger partial charge in [-0.05, 0) is 6.42 Å². The van der Waals surface area contributed by atoms with E-state index in [1.807, 2.05) is 0 Å². The van der Waals surface area contributed by atoms with Gasteiger partial charge < -0.3 is 5.11 Å². The van der Waals surface area contributed by atoms with E-state index in [0.717, 1.165) is 0 Å². The van der Waals surface area contributed by atoms with Crippen LogP contribution in [0.15, 0.2) is 0 Å². The minimum atomic E-state index is -4.50. The number of amides is 1. The van der Waals surface area contributed by atoms with E-state index < -0.39 is 24.5 Å². The summed E-state index contributed by atoms with van der Waals surface area (Å²) < 4.78 is 35.4. The fourth-order valence-electron chi connectivity index (χ4n) is 0.871. The maximum atomic E-state index is 11.8. The van der Waals surface area contributed by atoms with Crippen molar-refractivity contribution in [2.45, 2.75) is 19.5 Å². The smallest absolute Gasteiger partial charge is 0.396 e. The first-order chi connectivity index (χ1) is 6.28. The summed E-state index contributed by atoms with van der Waals surface area (Å²) in [6.45, 7) is -0.316. The van der Waals surface area contributed by atoms with E-state index in [-0.39, 0.29) is 18.0 Å². The van der Waals surface area contributed by atoms with E-state index in [4.69, 9.17) is 10.9 Å². The standard InChI is InChI=1S/C7H13F3N2O2/c1-5(2-3-13)6(14)12(11)4-7(8,9)10/h5,13H,2-4,11H2,1H3. The number of nitrogens with two attached hydrogens (primary N) is 1. The van der Waals surface area contributed by atoms with Gasteiger partial charge in [0.05, 0.1) is 0 Å². The Balaban J connectivity index is 4.12. The Bertz CT molecular complexity index is 196. The van der Waals surface area contributed by atoms with Crippen molar-refractivity contribution in [3.63, 3.8) is 0 Å². The van der Waals surface area contributed by atoms with Crippen molar-refractivity contribution >= 4 is 5.91 Å². The van der Waals surface area contributed by atoms with Crippen LogP contribution >= 0.6 is 0 Å². The van der Waals surface area contributed by atoms with Crippen molar-refractivity contribution in [3.05, 3.63) is 0 Å². The second-order valence-electron chi connectivity index (χ2n) is 2.99. The van der Waals surface area contributed by atoms with Crippen molar-refractivity contribution < 1.29 is 23.1 Å². The Morgan fingerprint density at radius 3 is 2.43 bits per heavy atom. The molecule has 0 rings (SSSR count). The fourth-order valence-corrected chi connectivity index (χ4v) is 0.871. The second-order valence-corrected chi connectivity index (χ2v) is 2.99. The Kier molecular flexibility index (Phi) is 4.86. The third kappa shape index (κ3) is 5.03. The summed E-state index contributed by atoms with van der Waals surface area (Å²) in [4.78, 5) is 11.1. The van der Waals surface area contributed by atoms with Crippen molar-refractivity contribution in [2.75, 3.05) is 13.2 Å². The summed E-state index contributed by atoms with van der Waals surface area (Å²) in [5.74, 6) is 3.39. The zero-order valence-electron chi connectivity index (χ0n) is 7.71. The number of aliphatic hydroxyl groups excluding tert-OH is 1. The Morgan fingerprint density at radius 2 is 2.07 bits per heavy atom. The molecule has 1 amide bonds. The topological polar surface area (TPSA) is 66.6 Å². The zero-order chi connectivity index (χ0) is 11.4. The van der Waals surface area contributed by atoms with Crippen molar-refractivity contribution in [1.29, 1.82) is 0 Å². The van der Waals surface area contributed by atoms with Crippen LogP contribution in [0.2, 0.25) is 0 Å². The highest BCUT2D eigenvalue weighted by atomic mass is 19.4. The third-order valence-corrected chi connectivity index (χ3v) is 1.62. The number of carbonyl (C=O) groups is 1. The molecule has 0 aliphatic heterocycles. The predicted molar refractivity (Wildman–Crippen MR) is 42.8 cm³/mol. The lowest BCUT2D eigenvalue weighted by Gasteiger charge is -2.21. The van der Waals surface area contributed by atoms with Gasteiger partial charge in [0.2, 0.25) is 5.91 Å². The van der Waals surface area contributed by atoms with Gasteiger partial charge in [-0.3, -0.25) is 9.80 Å². The monoisotopic (exact) mass is 214 g/mol. The van der Waals surface area contributed by atoms with Gasteiger partial charge in [-0.15, -0.1) is 0 Å². The first-order valence-electron chi connectivity index (χ1n) is 4.01. The Labute approximate surface area is 79.5 Å². The lowest BCUT2D eigenvalue weighted by molar-refractivity contribution is -0.164. The number of halogens is 3. The molecule has 3 N–H and O–H groups in total. The van der Waals surface area contributed by atoms with Crippen molar-refractivity contribution in [3.8, 4) is 0 Å². The number of hydrazine groups is 1. The number of hydrogen-bond acceptors (Lipinski definition) is 3. The molecule has 0 fully saturated rings. The Morgan fingerprint density at radius 1 is 1.57 bits per heavy atom. The van der Waals surface area contributed by atoms with Gasteiger partial charge in [0.25, 0.3) is 0 Å². The van der Waals surface area contributed by atoms with Crippen LogP contribution in [0.1, 0.15) is 13.3 Å². The molecule has 0 saturated heterocycles. The van der Waals surface area contributed by atoms with Crippen LogP contribution < -0.4 is 5.84 Å². The summed E-state index contributed by atoms with van der Waals surface area (Å²) >= 11 is 0. The highest BCUT2D eigenvalue weighted by Gasteiger charge is 2.32. The zero-order valence-corrected chi connectivity index (χ0v) is 7.71. The third-order valence-electron chi connectivity index (χ3n) is 1.62. The Hall–Kier alpha value is -0.820. The van der Waals surface area contributed by atoms with E-state index in [1.165, 1.54) is 6.92 Å². The van der Waals surface area contributed by atoms with E-state index in [1.54, 1.807) is 0 Å². The minimum Gasteiger partial charge on any atom is -0.396 e. The summed E-state index contributed by atoms with van der Waals surface area (Å²) in [6.07, 6.45) is -4.40. The van der Waals surface area contributed by atoms with Crippen LogP contribution in [-0.2, 0) is 4.79 Å². The summed E-state index contributed by atoms with van der Waals surface area (Å²) in [7, 11) is 0. The summed E-state index contributed by atoms with van der Waals surface area (Å²) in [5.41, 5.74) is 0. The first-order valence-corrected chi connectivity index (χ1v) is 4.01. The summed E-state index contributed by atoms with van der Waals surface area (Å²) in [5, 5.41) is 8.59. The maximum absolute atomic E-state index is 11.8. The molecule has 0 aliphatic rings. The van der Waals surface area contributed by atoms with Crippen molar-refractivity contribution in [1.82, 2.24) is 5.01 Å². The number of nitrogens with zero attached hydrogens (tertiary/aromatic N) is 1. The van der Waals surface area contributed by atoms with Crippen LogP contribution in [0.4, 0.5) is 13.2 Å². The van der Waals surface area contributed by atoms with Gasteiger partial charge in [-0.25, -0.2) is 5.84 Å². The van der Waals surface area contributed by atoms with Gasteiger partial charge >= 0.3 is 6.18 Å².